The van der Waals surface area contributed by atoms with E-state index in [2.05, 4.69) is 4.98 Å². The number of rotatable bonds is 2. The number of fused-ring (bicyclic) bond motifs is 1. The average Bonchev–Trinajstić information content (AvgIpc) is 2.92. The van der Waals surface area contributed by atoms with Crippen LogP contribution in [0.1, 0.15) is 39.5 Å². The molecule has 1 aromatic heterocycles. The van der Waals surface area contributed by atoms with Crippen molar-refractivity contribution < 1.29 is 13.2 Å². The van der Waals surface area contributed by atoms with E-state index in [0.29, 0.717) is 13.1 Å². The molecule has 2 atom stereocenters. The number of sulfonamides is 1. The van der Waals surface area contributed by atoms with Crippen LogP contribution in [0.25, 0.3) is 0 Å². The Hall–Kier alpha value is -1.41. The van der Waals surface area contributed by atoms with Crippen molar-refractivity contribution in [2.75, 3.05) is 13.1 Å². The van der Waals surface area contributed by atoms with E-state index in [1.807, 2.05) is 11.8 Å². The summed E-state index contributed by atoms with van der Waals surface area (Å²) in [5, 5.41) is 0.0850. The number of carbonyl (C=O) groups is 1. The molecule has 0 N–H and O–H groups in total. The van der Waals surface area contributed by atoms with Crippen molar-refractivity contribution >= 4 is 15.9 Å². The van der Waals surface area contributed by atoms with Gasteiger partial charge in [0, 0.05) is 33.3 Å². The molecule has 1 amide bonds. The Balaban J connectivity index is 2.01. The Kier molecular flexibility index (Phi) is 4.00. The lowest BCUT2D eigenvalue weighted by molar-refractivity contribution is -0.138. The molecule has 0 spiro atoms. The second kappa shape index (κ2) is 5.59. The molecule has 2 aliphatic heterocycles. The van der Waals surface area contributed by atoms with Crippen molar-refractivity contribution in [3.05, 3.63) is 12.5 Å². The van der Waals surface area contributed by atoms with Crippen molar-refractivity contribution in [3.8, 4) is 0 Å². The average molecular weight is 340 g/mol. The van der Waals surface area contributed by atoms with E-state index in [4.69, 9.17) is 0 Å². The summed E-state index contributed by atoms with van der Waals surface area (Å²) < 4.78 is 29.4. The van der Waals surface area contributed by atoms with Crippen molar-refractivity contribution in [3.63, 3.8) is 0 Å². The molecule has 7 nitrogen and oxygen atoms in total. The number of hydrogen-bond donors (Lipinski definition) is 0. The second-order valence-corrected chi connectivity index (χ2v) is 8.59. The van der Waals surface area contributed by atoms with E-state index < -0.39 is 15.6 Å². The molecule has 0 aliphatic carbocycles. The summed E-state index contributed by atoms with van der Waals surface area (Å²) in [5.41, 5.74) is -0.557. The van der Waals surface area contributed by atoms with E-state index in [0.717, 1.165) is 25.7 Å². The van der Waals surface area contributed by atoms with Crippen LogP contribution in [0.2, 0.25) is 0 Å². The Morgan fingerprint density at radius 3 is 2.70 bits per heavy atom. The Morgan fingerprint density at radius 2 is 2.09 bits per heavy atom. The van der Waals surface area contributed by atoms with Gasteiger partial charge in [-0.2, -0.15) is 4.31 Å². The number of aromatic nitrogens is 2. The number of hydrogen-bond acceptors (Lipinski definition) is 4. The molecule has 3 rings (SSSR count). The van der Waals surface area contributed by atoms with Crippen LogP contribution in [0.15, 0.2) is 17.6 Å². The quantitative estimate of drug-likeness (QED) is 0.804. The summed E-state index contributed by atoms with van der Waals surface area (Å²) in [6.45, 7) is 4.75. The molecule has 23 heavy (non-hydrogen) atoms. The van der Waals surface area contributed by atoms with Crippen LogP contribution in [0, 0.1) is 0 Å². The van der Waals surface area contributed by atoms with Gasteiger partial charge in [0.1, 0.15) is 0 Å². The first kappa shape index (κ1) is 16.4. The van der Waals surface area contributed by atoms with Crippen LogP contribution in [-0.2, 0) is 21.9 Å². The number of amides is 1. The topological polar surface area (TPSA) is 75.5 Å². The molecule has 0 unspecified atom stereocenters. The maximum Gasteiger partial charge on any atom is 0.262 e. The fourth-order valence-corrected chi connectivity index (χ4v) is 5.95. The van der Waals surface area contributed by atoms with Gasteiger partial charge in [0.25, 0.3) is 10.0 Å². The van der Waals surface area contributed by atoms with Crippen molar-refractivity contribution in [2.24, 2.45) is 7.05 Å². The minimum absolute atomic E-state index is 0.0259. The maximum absolute atomic E-state index is 13.1. The Morgan fingerprint density at radius 1 is 1.35 bits per heavy atom. The fraction of sp³-hybridized carbons (Fsp3) is 0.733. The van der Waals surface area contributed by atoms with E-state index in [-0.39, 0.29) is 17.0 Å². The molecule has 1 aromatic rings. The first-order valence-corrected chi connectivity index (χ1v) is 9.49. The van der Waals surface area contributed by atoms with Crippen LogP contribution in [-0.4, -0.2) is 57.8 Å². The largest absolute Gasteiger partial charge is 0.339 e. The smallest absolute Gasteiger partial charge is 0.262 e. The first-order chi connectivity index (χ1) is 10.8. The molecule has 2 fully saturated rings. The van der Waals surface area contributed by atoms with Gasteiger partial charge in [-0.25, -0.2) is 13.4 Å². The van der Waals surface area contributed by atoms with E-state index in [1.165, 1.54) is 12.5 Å². The second-order valence-electron chi connectivity index (χ2n) is 6.79. The zero-order valence-electron chi connectivity index (χ0n) is 13.9. The predicted octanol–water partition coefficient (Wildman–Crippen LogP) is 0.974. The lowest BCUT2D eigenvalue weighted by atomic mass is 9.78. The van der Waals surface area contributed by atoms with Gasteiger partial charge in [0.2, 0.25) is 5.91 Å². The molecular weight excluding hydrogens is 316 g/mol. The molecule has 2 aliphatic rings. The third-order valence-electron chi connectivity index (χ3n) is 5.22. The Labute approximate surface area is 137 Å². The highest BCUT2D eigenvalue weighted by molar-refractivity contribution is 7.89. The van der Waals surface area contributed by atoms with Crippen LogP contribution in [0.4, 0.5) is 0 Å². The number of aryl methyl sites for hydroxylation is 1. The summed E-state index contributed by atoms with van der Waals surface area (Å²) in [7, 11) is -1.90. The van der Waals surface area contributed by atoms with E-state index >= 15 is 0 Å². The van der Waals surface area contributed by atoms with Crippen molar-refractivity contribution in [2.45, 2.75) is 56.1 Å². The molecule has 0 aromatic carbocycles. The van der Waals surface area contributed by atoms with Crippen molar-refractivity contribution in [1.29, 1.82) is 0 Å². The van der Waals surface area contributed by atoms with E-state index in [9.17, 15) is 13.2 Å². The van der Waals surface area contributed by atoms with Gasteiger partial charge in [-0.15, -0.1) is 0 Å². The summed E-state index contributed by atoms with van der Waals surface area (Å²) in [4.78, 5) is 17.9. The number of carbonyl (C=O) groups excluding carboxylic acids is 1. The highest BCUT2D eigenvalue weighted by Crippen LogP contribution is 2.41. The van der Waals surface area contributed by atoms with Gasteiger partial charge in [-0.3, -0.25) is 4.79 Å². The van der Waals surface area contributed by atoms with Crippen LogP contribution < -0.4 is 0 Å². The van der Waals surface area contributed by atoms with Crippen molar-refractivity contribution in [1.82, 2.24) is 18.8 Å². The number of likely N-dealkylation sites (tertiary alicyclic amines) is 1. The summed E-state index contributed by atoms with van der Waals surface area (Å²) in [5.74, 6) is 0.0259. The van der Waals surface area contributed by atoms with Gasteiger partial charge in [0.05, 0.1) is 17.9 Å². The monoisotopic (exact) mass is 340 g/mol. The zero-order chi connectivity index (χ0) is 16.8. The summed E-state index contributed by atoms with van der Waals surface area (Å²) in [6, 6.07) is -0.0546. The van der Waals surface area contributed by atoms with Gasteiger partial charge < -0.3 is 9.47 Å². The summed E-state index contributed by atoms with van der Waals surface area (Å²) in [6.07, 6.45) is 6.24. The molecule has 0 saturated carbocycles. The number of nitrogens with zero attached hydrogens (tertiary/aromatic N) is 4. The minimum Gasteiger partial charge on any atom is -0.339 e. The molecule has 128 valence electrons. The molecule has 0 bridgehead atoms. The van der Waals surface area contributed by atoms with Crippen LogP contribution in [0.3, 0.4) is 0 Å². The van der Waals surface area contributed by atoms with Gasteiger partial charge >= 0.3 is 0 Å². The van der Waals surface area contributed by atoms with Crippen LogP contribution in [0.5, 0.6) is 0 Å². The third-order valence-corrected chi connectivity index (χ3v) is 7.14. The normalized spacial score (nSPS) is 29.3. The number of piperidine rings is 2. The zero-order valence-corrected chi connectivity index (χ0v) is 14.7. The maximum atomic E-state index is 13.1. The molecular formula is C15H24N4O3S. The van der Waals surface area contributed by atoms with E-state index in [1.54, 1.807) is 22.8 Å². The van der Waals surface area contributed by atoms with Crippen LogP contribution >= 0.6 is 0 Å². The highest BCUT2D eigenvalue weighted by Gasteiger charge is 2.52. The highest BCUT2D eigenvalue weighted by atomic mass is 32.2. The molecule has 0 radical (unpaired) electrons. The Bertz CT molecular complexity index is 714. The van der Waals surface area contributed by atoms with Gasteiger partial charge in [0.15, 0.2) is 5.03 Å². The first-order valence-electron chi connectivity index (χ1n) is 8.05. The summed E-state index contributed by atoms with van der Waals surface area (Å²) >= 11 is 0. The van der Waals surface area contributed by atoms with Gasteiger partial charge in [-0.1, -0.05) is 0 Å². The van der Waals surface area contributed by atoms with Gasteiger partial charge in [-0.05, 0) is 32.6 Å². The minimum atomic E-state index is -3.66. The standard InChI is InChI=1S/C15H24N4O3S/c1-12(20)18-8-5-7-15(2)13(18)6-4-9-19(15)23(21,22)14-10-17(3)11-16-14/h10-11,13H,4-9H2,1-3H3/t13-,15+/m1/s1. The lowest BCUT2D eigenvalue weighted by Crippen LogP contribution is -2.67. The SMILES string of the molecule is CC(=O)N1CCC[C@@]2(C)[C@H]1CCCN2S(=O)(=O)c1cn(C)cn1. The molecule has 8 heteroatoms. The molecule has 2 saturated heterocycles. The fourth-order valence-electron chi connectivity index (χ4n) is 4.11. The lowest BCUT2D eigenvalue weighted by Gasteiger charge is -2.55. The number of imidazole rings is 1. The predicted molar refractivity (Wildman–Crippen MR) is 85.1 cm³/mol. The third kappa shape index (κ3) is 2.57. The molecule has 3 heterocycles.